The molecule has 1 aliphatic heterocycles. The molecule has 1 atom stereocenters. The predicted molar refractivity (Wildman–Crippen MR) is 85.0 cm³/mol. The Labute approximate surface area is 135 Å². The molecule has 2 aromatic rings. The largest absolute Gasteiger partial charge is 0.374 e. The van der Waals surface area contributed by atoms with Crippen LogP contribution in [0, 0.1) is 12.8 Å². The highest BCUT2D eigenvalue weighted by Crippen LogP contribution is 2.26. The van der Waals surface area contributed by atoms with Crippen molar-refractivity contribution in [2.45, 2.75) is 26.9 Å². The fraction of sp³-hybridized carbons (Fsp3) is 0.471. The zero-order valence-electron chi connectivity index (χ0n) is 13.7. The molecule has 1 unspecified atom stereocenters. The minimum absolute atomic E-state index is 0.0613. The first-order valence-electron chi connectivity index (χ1n) is 7.86. The molecular weight excluding hydrogens is 294 g/mol. The molecule has 1 aliphatic rings. The molecule has 0 spiro atoms. The number of aromatic nitrogens is 2. The van der Waals surface area contributed by atoms with Gasteiger partial charge in [-0.1, -0.05) is 25.1 Å². The van der Waals surface area contributed by atoms with Gasteiger partial charge in [0.2, 0.25) is 0 Å². The summed E-state index contributed by atoms with van der Waals surface area (Å²) in [4.78, 5) is 19.1. The van der Waals surface area contributed by atoms with Gasteiger partial charge >= 0.3 is 0 Å². The molecule has 3 rings (SSSR count). The summed E-state index contributed by atoms with van der Waals surface area (Å²) >= 11 is 0. The highest BCUT2D eigenvalue weighted by atomic mass is 16.5. The fourth-order valence-electron chi connectivity index (χ4n) is 2.72. The van der Waals surface area contributed by atoms with Crippen LogP contribution in [0.4, 0.5) is 0 Å². The van der Waals surface area contributed by atoms with Gasteiger partial charge in [-0.25, -0.2) is 0 Å². The van der Waals surface area contributed by atoms with Gasteiger partial charge < -0.3 is 14.2 Å². The highest BCUT2D eigenvalue weighted by Gasteiger charge is 2.31. The quantitative estimate of drug-likeness (QED) is 0.870. The number of aryl methyl sites for hydroxylation is 1. The smallest absolute Gasteiger partial charge is 0.259 e. The normalized spacial score (nSPS) is 18.4. The van der Waals surface area contributed by atoms with Crippen LogP contribution in [0.3, 0.4) is 0 Å². The first-order valence-corrected chi connectivity index (χ1v) is 7.86. The summed E-state index contributed by atoms with van der Waals surface area (Å²) in [5.41, 5.74) is 1.63. The molecule has 0 saturated carbocycles. The van der Waals surface area contributed by atoms with Crippen LogP contribution in [-0.4, -0.2) is 46.7 Å². The van der Waals surface area contributed by atoms with Crippen LogP contribution >= 0.6 is 0 Å². The number of pyridine rings is 1. The second kappa shape index (κ2) is 6.50. The van der Waals surface area contributed by atoms with E-state index in [1.165, 1.54) is 0 Å². The Morgan fingerprint density at radius 2 is 2.22 bits per heavy atom. The van der Waals surface area contributed by atoms with Gasteiger partial charge in [0, 0.05) is 19.3 Å². The summed E-state index contributed by atoms with van der Waals surface area (Å²) in [7, 11) is 0. The van der Waals surface area contributed by atoms with Crippen molar-refractivity contribution in [2.24, 2.45) is 5.92 Å². The second-order valence-electron chi connectivity index (χ2n) is 6.08. The third-order valence-corrected chi connectivity index (χ3v) is 4.11. The van der Waals surface area contributed by atoms with Crippen LogP contribution in [0.1, 0.15) is 30.0 Å². The summed E-state index contributed by atoms with van der Waals surface area (Å²) < 4.78 is 11.0. The van der Waals surface area contributed by atoms with E-state index in [4.69, 9.17) is 9.26 Å². The molecule has 0 bridgehead atoms. The van der Waals surface area contributed by atoms with Gasteiger partial charge in [-0.15, -0.1) is 0 Å². The van der Waals surface area contributed by atoms with Crippen molar-refractivity contribution in [2.75, 3.05) is 19.7 Å². The van der Waals surface area contributed by atoms with Crippen molar-refractivity contribution in [3.63, 3.8) is 0 Å². The number of carbonyl (C=O) groups is 1. The Morgan fingerprint density at radius 1 is 1.39 bits per heavy atom. The Bertz CT molecular complexity index is 682. The van der Waals surface area contributed by atoms with Gasteiger partial charge in [-0.05, 0) is 25.0 Å². The van der Waals surface area contributed by atoms with E-state index in [9.17, 15) is 4.79 Å². The number of ether oxygens (including phenoxy) is 1. The minimum atomic E-state index is -0.0710. The fourth-order valence-corrected chi connectivity index (χ4v) is 2.72. The molecule has 0 aliphatic carbocycles. The van der Waals surface area contributed by atoms with Gasteiger partial charge in [-0.3, -0.25) is 9.78 Å². The molecule has 2 aromatic heterocycles. The molecule has 6 heteroatoms. The number of amides is 1. The van der Waals surface area contributed by atoms with Gasteiger partial charge in [0.05, 0.1) is 18.4 Å². The molecule has 6 nitrogen and oxygen atoms in total. The molecule has 0 aromatic carbocycles. The van der Waals surface area contributed by atoms with E-state index in [1.807, 2.05) is 23.1 Å². The van der Waals surface area contributed by atoms with Crippen molar-refractivity contribution in [3.05, 3.63) is 35.7 Å². The van der Waals surface area contributed by atoms with Crippen molar-refractivity contribution in [1.82, 2.24) is 15.0 Å². The first kappa shape index (κ1) is 15.7. The molecule has 23 heavy (non-hydrogen) atoms. The molecule has 1 fully saturated rings. The number of hydrogen-bond acceptors (Lipinski definition) is 5. The number of carbonyl (C=O) groups excluding carboxylic acids is 1. The topological polar surface area (TPSA) is 68.5 Å². The average Bonchev–Trinajstić information content (AvgIpc) is 2.96. The summed E-state index contributed by atoms with van der Waals surface area (Å²) in [6.45, 7) is 7.67. The van der Waals surface area contributed by atoms with E-state index in [0.717, 1.165) is 0 Å². The van der Waals surface area contributed by atoms with Crippen molar-refractivity contribution in [3.8, 4) is 11.4 Å². The lowest BCUT2D eigenvalue weighted by Gasteiger charge is -2.34. The maximum absolute atomic E-state index is 13.0. The Morgan fingerprint density at radius 3 is 2.91 bits per heavy atom. The second-order valence-corrected chi connectivity index (χ2v) is 6.08. The third kappa shape index (κ3) is 3.12. The maximum atomic E-state index is 13.0. The Kier molecular flexibility index (Phi) is 4.43. The van der Waals surface area contributed by atoms with Crippen molar-refractivity contribution >= 4 is 5.91 Å². The van der Waals surface area contributed by atoms with E-state index in [-0.39, 0.29) is 12.0 Å². The van der Waals surface area contributed by atoms with E-state index < -0.39 is 0 Å². The summed E-state index contributed by atoms with van der Waals surface area (Å²) in [6.07, 6.45) is 1.74. The van der Waals surface area contributed by atoms with Crippen LogP contribution in [0.2, 0.25) is 0 Å². The third-order valence-electron chi connectivity index (χ3n) is 4.11. The van der Waals surface area contributed by atoms with Crippen LogP contribution in [-0.2, 0) is 4.74 Å². The van der Waals surface area contributed by atoms with Crippen LogP contribution in [0.5, 0.6) is 0 Å². The van der Waals surface area contributed by atoms with E-state index in [0.29, 0.717) is 48.3 Å². The lowest BCUT2D eigenvalue weighted by Crippen LogP contribution is -2.47. The highest BCUT2D eigenvalue weighted by molar-refractivity contribution is 6.00. The van der Waals surface area contributed by atoms with Gasteiger partial charge in [0.1, 0.15) is 17.0 Å². The molecule has 3 heterocycles. The van der Waals surface area contributed by atoms with E-state index >= 15 is 0 Å². The SMILES string of the molecule is Cc1onc(-c2ccccn2)c1C(=O)N1CCOC(C(C)C)C1. The molecule has 122 valence electrons. The average molecular weight is 315 g/mol. The van der Waals surface area contributed by atoms with E-state index in [2.05, 4.69) is 24.0 Å². The Balaban J connectivity index is 1.90. The molecule has 0 radical (unpaired) electrons. The summed E-state index contributed by atoms with van der Waals surface area (Å²) in [5, 5.41) is 4.04. The summed E-state index contributed by atoms with van der Waals surface area (Å²) in [5.74, 6) is 0.811. The first-order chi connectivity index (χ1) is 11.1. The number of morpholine rings is 1. The zero-order chi connectivity index (χ0) is 16.4. The lowest BCUT2D eigenvalue weighted by atomic mass is 10.0. The number of hydrogen-bond donors (Lipinski definition) is 0. The van der Waals surface area contributed by atoms with Gasteiger partial charge in [0.25, 0.3) is 5.91 Å². The monoisotopic (exact) mass is 315 g/mol. The zero-order valence-corrected chi connectivity index (χ0v) is 13.7. The maximum Gasteiger partial charge on any atom is 0.259 e. The standard InChI is InChI=1S/C17H21N3O3/c1-11(2)14-10-20(8-9-22-14)17(21)15-12(3)23-19-16(15)13-6-4-5-7-18-13/h4-7,11,14H,8-10H2,1-3H3. The van der Waals surface area contributed by atoms with Crippen LogP contribution in [0.25, 0.3) is 11.4 Å². The number of rotatable bonds is 3. The molecule has 1 saturated heterocycles. The van der Waals surface area contributed by atoms with Gasteiger partial charge in [0.15, 0.2) is 0 Å². The lowest BCUT2D eigenvalue weighted by molar-refractivity contribution is -0.0421. The Hall–Kier alpha value is -2.21. The molecule has 1 amide bonds. The van der Waals surface area contributed by atoms with Crippen molar-refractivity contribution < 1.29 is 14.1 Å². The predicted octanol–water partition coefficient (Wildman–Crippen LogP) is 2.54. The van der Waals surface area contributed by atoms with Gasteiger partial charge in [-0.2, -0.15) is 0 Å². The molecular formula is C17H21N3O3. The summed E-state index contributed by atoms with van der Waals surface area (Å²) in [6, 6.07) is 5.52. The van der Waals surface area contributed by atoms with E-state index in [1.54, 1.807) is 13.1 Å². The van der Waals surface area contributed by atoms with Crippen LogP contribution < -0.4 is 0 Å². The molecule has 0 N–H and O–H groups in total. The van der Waals surface area contributed by atoms with Crippen molar-refractivity contribution in [1.29, 1.82) is 0 Å². The number of nitrogens with zero attached hydrogens (tertiary/aromatic N) is 3. The van der Waals surface area contributed by atoms with Crippen LogP contribution in [0.15, 0.2) is 28.9 Å². The minimum Gasteiger partial charge on any atom is -0.374 e.